The summed E-state index contributed by atoms with van der Waals surface area (Å²) in [6.07, 6.45) is 6.11. The first-order valence-electron chi connectivity index (χ1n) is 7.84. The lowest BCUT2D eigenvalue weighted by Gasteiger charge is -2.28. The molecular weight excluding hydrogens is 362 g/mol. The van der Waals surface area contributed by atoms with Gasteiger partial charge in [0.15, 0.2) is 12.4 Å². The molecule has 1 aromatic heterocycles. The summed E-state index contributed by atoms with van der Waals surface area (Å²) in [5.74, 6) is -0.883. The van der Waals surface area contributed by atoms with E-state index in [0.29, 0.717) is 5.76 Å². The van der Waals surface area contributed by atoms with Crippen molar-refractivity contribution in [3.63, 3.8) is 0 Å². The van der Waals surface area contributed by atoms with Crippen LogP contribution in [-0.2, 0) is 24.3 Å². The number of amidine groups is 1. The number of carbonyl (C=O) groups excluding carboxylic acids is 2. The highest BCUT2D eigenvalue weighted by Gasteiger charge is 2.31. The summed E-state index contributed by atoms with van der Waals surface area (Å²) in [6.45, 7) is 1.42. The summed E-state index contributed by atoms with van der Waals surface area (Å²) >= 11 is 0. The number of allylic oxidation sites excluding steroid dienone is 2. The smallest absolute Gasteiger partial charge is 0.342 e. The summed E-state index contributed by atoms with van der Waals surface area (Å²) in [4.78, 5) is 25.7. The molecule has 1 N–H and O–H groups in total. The molecule has 1 aromatic rings. The number of rotatable bonds is 5. The van der Waals surface area contributed by atoms with Gasteiger partial charge in [-0.05, 0) is 31.2 Å². The van der Waals surface area contributed by atoms with Gasteiger partial charge in [0, 0.05) is 12.7 Å². The van der Waals surface area contributed by atoms with E-state index in [9.17, 15) is 18.0 Å². The second kappa shape index (κ2) is 7.16. The van der Waals surface area contributed by atoms with Crippen LogP contribution in [0.25, 0.3) is 0 Å². The minimum absolute atomic E-state index is 0.00751. The number of hydrogen-bond acceptors (Lipinski definition) is 7. The van der Waals surface area contributed by atoms with Crippen molar-refractivity contribution in [1.82, 2.24) is 10.2 Å². The lowest BCUT2D eigenvalue weighted by molar-refractivity contribution is -0.144. The number of esters is 1. The number of nitrogens with one attached hydrogen (secondary N) is 1. The number of hydrogen-bond donors (Lipinski definition) is 1. The highest BCUT2D eigenvalue weighted by molar-refractivity contribution is 7.90. The van der Waals surface area contributed by atoms with E-state index in [1.165, 1.54) is 12.3 Å². The molecule has 0 bridgehead atoms. The topological polar surface area (TPSA) is 118 Å². The molecule has 2 aliphatic rings. The molecule has 10 heteroatoms. The van der Waals surface area contributed by atoms with Crippen molar-refractivity contribution in [3.05, 3.63) is 48.1 Å². The standard InChI is InChI=1S/C16H17N3O6S/c1-11(13-5-3-8-24-13)17-14(20)10-25-16(21)12-4-2-6-19-7-9-26(22,23)18-15(12)19/h2-6,8,11H,7,9-10H2,1H3,(H,17,20)/t11-/m1/s1. The van der Waals surface area contributed by atoms with Gasteiger partial charge in [0.05, 0.1) is 18.1 Å². The quantitative estimate of drug-likeness (QED) is 0.740. The number of ether oxygens (including phenoxy) is 1. The van der Waals surface area contributed by atoms with Gasteiger partial charge >= 0.3 is 5.97 Å². The van der Waals surface area contributed by atoms with E-state index >= 15 is 0 Å². The molecule has 1 atom stereocenters. The van der Waals surface area contributed by atoms with Crippen LogP contribution in [0.15, 0.2) is 51.1 Å². The highest BCUT2D eigenvalue weighted by atomic mass is 32.2. The predicted molar refractivity (Wildman–Crippen MR) is 91.4 cm³/mol. The van der Waals surface area contributed by atoms with Gasteiger partial charge < -0.3 is 19.4 Å². The fourth-order valence-electron chi connectivity index (χ4n) is 2.48. The van der Waals surface area contributed by atoms with Gasteiger partial charge in [0.2, 0.25) is 0 Å². The molecule has 138 valence electrons. The second-order valence-electron chi connectivity index (χ2n) is 5.70. The van der Waals surface area contributed by atoms with Crippen molar-refractivity contribution < 1.29 is 27.2 Å². The number of carbonyl (C=O) groups is 2. The maximum Gasteiger partial charge on any atom is 0.342 e. The molecule has 0 fully saturated rings. The Balaban J connectivity index is 1.61. The Kier molecular flexibility index (Phi) is 4.94. The van der Waals surface area contributed by atoms with E-state index in [4.69, 9.17) is 9.15 Å². The van der Waals surface area contributed by atoms with Gasteiger partial charge in [-0.25, -0.2) is 13.2 Å². The molecule has 2 aliphatic heterocycles. The average Bonchev–Trinajstić information content (AvgIpc) is 3.13. The summed E-state index contributed by atoms with van der Waals surface area (Å²) < 4.78 is 37.2. The second-order valence-corrected chi connectivity index (χ2v) is 7.45. The molecule has 26 heavy (non-hydrogen) atoms. The number of fused-ring (bicyclic) bond motifs is 1. The highest BCUT2D eigenvalue weighted by Crippen LogP contribution is 2.18. The van der Waals surface area contributed by atoms with Gasteiger partial charge in [-0.3, -0.25) is 4.79 Å². The van der Waals surface area contributed by atoms with Crippen LogP contribution >= 0.6 is 0 Å². The number of furan rings is 1. The van der Waals surface area contributed by atoms with Gasteiger partial charge in [0.1, 0.15) is 11.3 Å². The molecule has 0 aliphatic carbocycles. The summed E-state index contributed by atoms with van der Waals surface area (Å²) in [6, 6.07) is 3.04. The van der Waals surface area contributed by atoms with Crippen LogP contribution in [0.1, 0.15) is 18.7 Å². The average molecular weight is 379 g/mol. The van der Waals surface area contributed by atoms with Crippen molar-refractivity contribution >= 4 is 27.7 Å². The third-order valence-corrected chi connectivity index (χ3v) is 4.91. The van der Waals surface area contributed by atoms with E-state index in [1.807, 2.05) is 0 Å². The Bertz CT molecular complexity index is 898. The van der Waals surface area contributed by atoms with Crippen molar-refractivity contribution in [3.8, 4) is 0 Å². The molecule has 0 spiro atoms. The summed E-state index contributed by atoms with van der Waals surface area (Å²) in [7, 11) is -3.62. The van der Waals surface area contributed by atoms with Crippen LogP contribution in [0.5, 0.6) is 0 Å². The molecule has 3 heterocycles. The first kappa shape index (κ1) is 17.9. The minimum atomic E-state index is -3.62. The Morgan fingerprint density at radius 2 is 2.27 bits per heavy atom. The largest absolute Gasteiger partial charge is 0.467 e. The molecule has 0 aromatic carbocycles. The third kappa shape index (κ3) is 4.02. The molecule has 0 saturated carbocycles. The number of amides is 1. The SMILES string of the molecule is C[C@@H](NC(=O)COC(=O)C1=CC=CN2CCS(=O)(=O)N=C12)c1ccco1. The first-order valence-corrected chi connectivity index (χ1v) is 9.45. The van der Waals surface area contributed by atoms with Gasteiger partial charge in [0.25, 0.3) is 15.9 Å². The molecule has 1 amide bonds. The Morgan fingerprint density at radius 3 is 3.00 bits per heavy atom. The Labute approximate surface area is 150 Å². The van der Waals surface area contributed by atoms with Crippen LogP contribution in [-0.4, -0.2) is 49.9 Å². The number of nitrogens with zero attached hydrogens (tertiary/aromatic N) is 2. The maximum absolute atomic E-state index is 12.3. The van der Waals surface area contributed by atoms with Gasteiger partial charge in [-0.2, -0.15) is 0 Å². The van der Waals surface area contributed by atoms with Crippen molar-refractivity contribution in [2.24, 2.45) is 4.40 Å². The number of sulfonamides is 1. The Morgan fingerprint density at radius 1 is 1.46 bits per heavy atom. The third-order valence-electron chi connectivity index (χ3n) is 3.76. The molecule has 0 radical (unpaired) electrons. The lowest BCUT2D eigenvalue weighted by Crippen LogP contribution is -2.40. The summed E-state index contributed by atoms with van der Waals surface area (Å²) in [5.41, 5.74) is -0.0114. The fraction of sp³-hybridized carbons (Fsp3) is 0.312. The van der Waals surface area contributed by atoms with Gasteiger partial charge in [-0.1, -0.05) is 0 Å². The molecule has 3 rings (SSSR count). The fourth-order valence-corrected chi connectivity index (χ4v) is 3.46. The first-order chi connectivity index (χ1) is 12.4. The van der Waals surface area contributed by atoms with E-state index in [1.54, 1.807) is 36.2 Å². The van der Waals surface area contributed by atoms with Crippen LogP contribution in [0, 0.1) is 0 Å². The molecular formula is C16H17N3O6S. The monoisotopic (exact) mass is 379 g/mol. The van der Waals surface area contributed by atoms with Crippen LogP contribution in [0.4, 0.5) is 0 Å². The molecule has 0 unspecified atom stereocenters. The zero-order valence-electron chi connectivity index (χ0n) is 13.9. The van der Waals surface area contributed by atoms with E-state index < -0.39 is 28.5 Å². The van der Waals surface area contributed by atoms with E-state index in [-0.39, 0.29) is 29.7 Å². The van der Waals surface area contributed by atoms with Crippen molar-refractivity contribution in [2.45, 2.75) is 13.0 Å². The normalized spacial score (nSPS) is 19.0. The Hall–Kier alpha value is -2.88. The molecule has 0 saturated heterocycles. The van der Waals surface area contributed by atoms with E-state index in [0.717, 1.165) is 0 Å². The lowest BCUT2D eigenvalue weighted by atomic mass is 10.1. The summed E-state index contributed by atoms with van der Waals surface area (Å²) in [5, 5.41) is 2.63. The van der Waals surface area contributed by atoms with Crippen LogP contribution in [0.2, 0.25) is 0 Å². The molecule has 9 nitrogen and oxygen atoms in total. The predicted octanol–water partition coefficient (Wildman–Crippen LogP) is 0.498. The van der Waals surface area contributed by atoms with E-state index in [2.05, 4.69) is 9.71 Å². The van der Waals surface area contributed by atoms with Crippen LogP contribution < -0.4 is 5.32 Å². The van der Waals surface area contributed by atoms with Crippen molar-refractivity contribution in [1.29, 1.82) is 0 Å². The maximum atomic E-state index is 12.3. The zero-order chi connectivity index (χ0) is 18.7. The zero-order valence-corrected chi connectivity index (χ0v) is 14.7. The minimum Gasteiger partial charge on any atom is -0.467 e. The van der Waals surface area contributed by atoms with Crippen molar-refractivity contribution in [2.75, 3.05) is 18.9 Å². The van der Waals surface area contributed by atoms with Crippen LogP contribution in [0.3, 0.4) is 0 Å². The van der Waals surface area contributed by atoms with Gasteiger partial charge in [-0.15, -0.1) is 4.40 Å².